The smallest absolute Gasteiger partial charge is 0.245 e. The van der Waals surface area contributed by atoms with Crippen molar-refractivity contribution in [1.29, 1.82) is 0 Å². The van der Waals surface area contributed by atoms with Crippen molar-refractivity contribution >= 4 is 17.5 Å². The molecule has 8 heteroatoms. The molecule has 0 spiro atoms. The molecule has 0 aliphatic rings. The van der Waals surface area contributed by atoms with Gasteiger partial charge >= 0.3 is 0 Å². The maximum atomic E-state index is 11.7. The number of carbonyl (C=O) groups excluding carboxylic acids is 1. The number of hydrogen-bond acceptors (Lipinski definition) is 5. The quantitative estimate of drug-likeness (QED) is 0.433. The molecule has 0 aliphatic heterocycles. The molecular formula is C18H24ClN3O4. The molecular weight excluding hydrogens is 358 g/mol. The fourth-order valence-electron chi connectivity index (χ4n) is 2.98. The molecule has 0 radical (unpaired) electrons. The fourth-order valence-corrected chi connectivity index (χ4v) is 3.11. The van der Waals surface area contributed by atoms with E-state index in [4.69, 9.17) is 26.7 Å². The standard InChI is InChI=1S/C18H24ClN3O4/c1-26-17(12-18(24)21-25)15(11-13-3-5-14(19)6-4-13)16-7-8-20-22(16)9-2-10-23/h3-8,15,17,23,25H,2,9-12H2,1H3,(H,21,24)/t15-,17-/m1/s1. The maximum Gasteiger partial charge on any atom is 0.245 e. The minimum atomic E-state index is -0.514. The Labute approximate surface area is 157 Å². The molecule has 3 N–H and O–H groups in total. The number of aliphatic hydroxyl groups excluding tert-OH is 1. The Bertz CT molecular complexity index is 690. The molecule has 26 heavy (non-hydrogen) atoms. The van der Waals surface area contributed by atoms with Crippen LogP contribution < -0.4 is 5.48 Å². The number of rotatable bonds is 10. The van der Waals surface area contributed by atoms with E-state index in [-0.39, 0.29) is 18.9 Å². The second kappa shape index (κ2) is 10.3. The van der Waals surface area contributed by atoms with Crippen molar-refractivity contribution in [3.63, 3.8) is 0 Å². The predicted molar refractivity (Wildman–Crippen MR) is 97.2 cm³/mol. The number of aryl methyl sites for hydroxylation is 1. The third kappa shape index (κ3) is 5.54. The number of aliphatic hydroxyl groups is 1. The van der Waals surface area contributed by atoms with Gasteiger partial charge in [-0.2, -0.15) is 5.10 Å². The normalized spacial score (nSPS) is 13.4. The number of benzene rings is 1. The summed E-state index contributed by atoms with van der Waals surface area (Å²) in [5.74, 6) is -0.681. The average molecular weight is 382 g/mol. The summed E-state index contributed by atoms with van der Waals surface area (Å²) in [6.45, 7) is 0.639. The van der Waals surface area contributed by atoms with Gasteiger partial charge < -0.3 is 9.84 Å². The highest BCUT2D eigenvalue weighted by Crippen LogP contribution is 2.29. The van der Waals surface area contributed by atoms with Gasteiger partial charge in [0.25, 0.3) is 0 Å². The monoisotopic (exact) mass is 381 g/mol. The van der Waals surface area contributed by atoms with Crippen LogP contribution in [0.2, 0.25) is 5.02 Å². The summed E-state index contributed by atoms with van der Waals surface area (Å²) >= 11 is 5.96. The van der Waals surface area contributed by atoms with Crippen LogP contribution in [-0.4, -0.2) is 45.8 Å². The van der Waals surface area contributed by atoms with E-state index in [9.17, 15) is 4.79 Å². The molecule has 1 heterocycles. The van der Waals surface area contributed by atoms with E-state index < -0.39 is 12.0 Å². The SMILES string of the molecule is CO[C@H](CC(=O)NO)[C@H](Cc1ccc(Cl)cc1)c1ccnn1CCCO. The topological polar surface area (TPSA) is 96.6 Å². The molecule has 2 aromatic rings. The van der Waals surface area contributed by atoms with Gasteiger partial charge in [-0.05, 0) is 36.6 Å². The van der Waals surface area contributed by atoms with Crippen LogP contribution in [0.5, 0.6) is 0 Å². The van der Waals surface area contributed by atoms with Crippen LogP contribution in [0.4, 0.5) is 0 Å². The lowest BCUT2D eigenvalue weighted by Gasteiger charge is -2.26. The lowest BCUT2D eigenvalue weighted by atomic mass is 9.89. The van der Waals surface area contributed by atoms with E-state index >= 15 is 0 Å². The van der Waals surface area contributed by atoms with Gasteiger partial charge in [-0.1, -0.05) is 23.7 Å². The van der Waals surface area contributed by atoms with E-state index in [1.807, 2.05) is 35.0 Å². The van der Waals surface area contributed by atoms with Gasteiger partial charge in [0, 0.05) is 43.1 Å². The Balaban J connectivity index is 2.32. The van der Waals surface area contributed by atoms with Gasteiger partial charge in [0.1, 0.15) is 0 Å². The molecule has 0 bridgehead atoms. The Morgan fingerprint density at radius 1 is 1.35 bits per heavy atom. The molecule has 7 nitrogen and oxygen atoms in total. The van der Waals surface area contributed by atoms with Gasteiger partial charge in [-0.3, -0.25) is 14.7 Å². The van der Waals surface area contributed by atoms with Gasteiger partial charge in [-0.15, -0.1) is 0 Å². The average Bonchev–Trinajstić information content (AvgIpc) is 3.12. The van der Waals surface area contributed by atoms with Gasteiger partial charge in [-0.25, -0.2) is 5.48 Å². The largest absolute Gasteiger partial charge is 0.396 e. The first-order valence-electron chi connectivity index (χ1n) is 8.41. The van der Waals surface area contributed by atoms with Crippen LogP contribution in [0.25, 0.3) is 0 Å². The van der Waals surface area contributed by atoms with Crippen LogP contribution in [0.1, 0.15) is 30.0 Å². The summed E-state index contributed by atoms with van der Waals surface area (Å²) in [7, 11) is 1.54. The van der Waals surface area contributed by atoms with Crippen LogP contribution in [-0.2, 0) is 22.5 Å². The Morgan fingerprint density at radius 3 is 2.69 bits per heavy atom. The molecule has 1 aromatic heterocycles. The molecule has 142 valence electrons. The van der Waals surface area contributed by atoms with Crippen molar-refractivity contribution in [3.05, 3.63) is 52.8 Å². The molecule has 2 atom stereocenters. The summed E-state index contributed by atoms with van der Waals surface area (Å²) in [6, 6.07) is 9.39. The molecule has 1 amide bonds. The summed E-state index contributed by atoms with van der Waals surface area (Å²) in [4.78, 5) is 11.7. The zero-order chi connectivity index (χ0) is 18.9. The Hall–Kier alpha value is -1.93. The zero-order valence-electron chi connectivity index (χ0n) is 14.6. The number of aromatic nitrogens is 2. The van der Waals surface area contributed by atoms with Crippen LogP contribution in [0.3, 0.4) is 0 Å². The Kier molecular flexibility index (Phi) is 8.06. The van der Waals surface area contributed by atoms with E-state index in [1.54, 1.807) is 18.8 Å². The van der Waals surface area contributed by atoms with Crippen molar-refractivity contribution in [3.8, 4) is 0 Å². The number of hydroxylamine groups is 1. The molecule has 2 rings (SSSR count). The van der Waals surface area contributed by atoms with E-state index in [0.717, 1.165) is 11.3 Å². The highest BCUT2D eigenvalue weighted by Gasteiger charge is 2.28. The van der Waals surface area contributed by atoms with Crippen molar-refractivity contribution in [2.75, 3.05) is 13.7 Å². The maximum absolute atomic E-state index is 11.7. The third-order valence-electron chi connectivity index (χ3n) is 4.29. The predicted octanol–water partition coefficient (Wildman–Crippen LogP) is 2.16. The summed E-state index contributed by atoms with van der Waals surface area (Å²) in [5, 5.41) is 22.9. The van der Waals surface area contributed by atoms with Gasteiger partial charge in [0.15, 0.2) is 0 Å². The minimum Gasteiger partial charge on any atom is -0.396 e. The van der Waals surface area contributed by atoms with E-state index in [0.29, 0.717) is 24.4 Å². The van der Waals surface area contributed by atoms with Crippen LogP contribution in [0, 0.1) is 0 Å². The zero-order valence-corrected chi connectivity index (χ0v) is 15.4. The van der Waals surface area contributed by atoms with Crippen molar-refractivity contribution in [2.24, 2.45) is 0 Å². The van der Waals surface area contributed by atoms with Crippen molar-refractivity contribution in [1.82, 2.24) is 15.3 Å². The van der Waals surface area contributed by atoms with Gasteiger partial charge in [0.05, 0.1) is 12.5 Å². The first-order chi connectivity index (χ1) is 12.6. The lowest BCUT2D eigenvalue weighted by molar-refractivity contribution is -0.132. The Morgan fingerprint density at radius 2 is 2.08 bits per heavy atom. The number of hydrogen-bond donors (Lipinski definition) is 3. The fraction of sp³-hybridized carbons (Fsp3) is 0.444. The highest BCUT2D eigenvalue weighted by molar-refractivity contribution is 6.30. The molecule has 0 aliphatic carbocycles. The first-order valence-corrected chi connectivity index (χ1v) is 8.79. The van der Waals surface area contributed by atoms with Crippen LogP contribution in [0.15, 0.2) is 36.5 Å². The van der Waals surface area contributed by atoms with Crippen LogP contribution >= 0.6 is 11.6 Å². The number of ether oxygens (including phenoxy) is 1. The minimum absolute atomic E-state index is 0.0104. The molecule has 0 unspecified atom stereocenters. The number of carbonyl (C=O) groups is 1. The number of amides is 1. The summed E-state index contributed by atoms with van der Waals surface area (Å²) < 4.78 is 7.39. The number of halogens is 1. The first kappa shape index (κ1) is 20.4. The highest BCUT2D eigenvalue weighted by atomic mass is 35.5. The molecule has 0 saturated heterocycles. The summed E-state index contributed by atoms with van der Waals surface area (Å²) in [6.07, 6.45) is 2.44. The number of nitrogens with zero attached hydrogens (tertiary/aromatic N) is 2. The van der Waals surface area contributed by atoms with E-state index in [2.05, 4.69) is 5.10 Å². The number of methoxy groups -OCH3 is 1. The van der Waals surface area contributed by atoms with Gasteiger partial charge in [0.2, 0.25) is 5.91 Å². The second-order valence-electron chi connectivity index (χ2n) is 6.01. The van der Waals surface area contributed by atoms with E-state index in [1.165, 1.54) is 0 Å². The third-order valence-corrected chi connectivity index (χ3v) is 4.54. The van der Waals surface area contributed by atoms with Crippen molar-refractivity contribution < 1.29 is 19.8 Å². The second-order valence-corrected chi connectivity index (χ2v) is 6.44. The number of nitrogens with one attached hydrogen (secondary N) is 1. The summed E-state index contributed by atoms with van der Waals surface area (Å²) in [5.41, 5.74) is 3.61. The molecule has 0 fully saturated rings. The molecule has 1 aromatic carbocycles. The lowest BCUT2D eigenvalue weighted by Crippen LogP contribution is -2.32. The molecule has 0 saturated carbocycles. The van der Waals surface area contributed by atoms with Crippen molar-refractivity contribution in [2.45, 2.75) is 37.8 Å².